The fraction of sp³-hybridized carbons (Fsp3) is 0.955. The number of nitrogens with one attached hydrogen (secondary N) is 1. The minimum absolute atomic E-state index is 0.163. The highest BCUT2D eigenvalue weighted by Crippen LogP contribution is 2.59. The van der Waals surface area contributed by atoms with Crippen LogP contribution in [0.2, 0.25) is 0 Å². The molecule has 32 heavy (non-hydrogen) atoms. The zero-order chi connectivity index (χ0) is 24.8. The number of hydrogen-bond donors (Lipinski definition) is 3. The highest BCUT2D eigenvalue weighted by atomic mass is 31.2. The Kier molecular flexibility index (Phi) is 15.0. The van der Waals surface area contributed by atoms with Crippen LogP contribution in [0.5, 0.6) is 0 Å². The zero-order valence-electron chi connectivity index (χ0n) is 20.6. The minimum atomic E-state index is -5.29. The van der Waals surface area contributed by atoms with Crippen LogP contribution in [0.3, 0.4) is 0 Å². The molecule has 0 radical (unpaired) electrons. The Balaban J connectivity index is 5.14. The Morgan fingerprint density at radius 3 is 2.19 bits per heavy atom. The van der Waals surface area contributed by atoms with Crippen molar-refractivity contribution < 1.29 is 37.1 Å². The van der Waals surface area contributed by atoms with Crippen LogP contribution < -0.4 is 5.32 Å². The maximum absolute atomic E-state index is 14.8. The number of aliphatic hydroxyl groups is 1. The van der Waals surface area contributed by atoms with Crippen LogP contribution in [0.15, 0.2) is 0 Å². The lowest BCUT2D eigenvalue weighted by atomic mass is 10.00. The quantitative estimate of drug-likeness (QED) is 0.140. The molecule has 3 N–H and O–H groups in total. The summed E-state index contributed by atoms with van der Waals surface area (Å²) in [5, 5.41) is 13.0. The lowest BCUT2D eigenvalue weighted by Crippen LogP contribution is -2.46. The van der Waals surface area contributed by atoms with Crippen molar-refractivity contribution in [3.05, 3.63) is 0 Å². The second-order valence-corrected chi connectivity index (χ2v) is 11.6. The summed E-state index contributed by atoms with van der Waals surface area (Å²) in [6.45, 7) is 4.04. The van der Waals surface area contributed by atoms with E-state index < -0.39 is 37.7 Å². The number of aliphatic hydroxyl groups excluding tert-OH is 1. The molecule has 0 saturated carbocycles. The zero-order valence-corrected chi connectivity index (χ0v) is 21.5. The van der Waals surface area contributed by atoms with E-state index in [9.17, 15) is 28.1 Å². The average molecular weight is 488 g/mol. The first kappa shape index (κ1) is 31.4. The van der Waals surface area contributed by atoms with Crippen molar-refractivity contribution in [1.82, 2.24) is 5.32 Å². The Labute approximate surface area is 193 Å². The van der Waals surface area contributed by atoms with Gasteiger partial charge in [0, 0.05) is 12.8 Å². The lowest BCUT2D eigenvalue weighted by molar-refractivity contribution is -0.870. The summed E-state index contributed by atoms with van der Waals surface area (Å²) in [7, 11) is 0.140. The number of halogens is 2. The highest BCUT2D eigenvalue weighted by molar-refractivity contribution is 7.54. The first-order valence-corrected chi connectivity index (χ1v) is 13.5. The molecular formula is C22H46F2N2O5P+. The standard InChI is InChI=1S/C22H45F2N2O5P/c1-6-8-10-11-13-14-20(27)19(25-21(28)15-12-9-7-2)18-22(23,24)32(29,30)31-17-16-26(3,4)5/h19-20,27H,6-18H2,1-5H3,(H-,25,28,29,30)/p+1/t19-,20+/m0/s1. The number of likely N-dealkylation sites (N-methyl/N-ethyl adjacent to an activating group) is 1. The molecule has 0 aliphatic heterocycles. The average Bonchev–Trinajstić information content (AvgIpc) is 2.65. The van der Waals surface area contributed by atoms with E-state index in [2.05, 4.69) is 12.2 Å². The van der Waals surface area contributed by atoms with Crippen LogP contribution in [-0.2, 0) is 13.9 Å². The first-order valence-electron chi connectivity index (χ1n) is 11.9. The predicted octanol–water partition coefficient (Wildman–Crippen LogP) is 4.66. The molecule has 0 aromatic heterocycles. The molecule has 0 saturated heterocycles. The number of amides is 1. The number of carbonyl (C=O) groups excluding carboxylic acids is 1. The van der Waals surface area contributed by atoms with Gasteiger partial charge in [-0.25, -0.2) is 0 Å². The van der Waals surface area contributed by atoms with Crippen molar-refractivity contribution in [2.75, 3.05) is 34.3 Å². The maximum Gasteiger partial charge on any atom is 0.397 e. The van der Waals surface area contributed by atoms with Crippen LogP contribution in [0, 0.1) is 0 Å². The van der Waals surface area contributed by atoms with E-state index in [1.165, 1.54) is 0 Å². The van der Waals surface area contributed by atoms with Crippen LogP contribution >= 0.6 is 7.60 Å². The summed E-state index contributed by atoms with van der Waals surface area (Å²) in [5.74, 6) is -0.442. The largest absolute Gasteiger partial charge is 0.397 e. The molecule has 192 valence electrons. The number of rotatable bonds is 19. The van der Waals surface area contributed by atoms with Gasteiger partial charge in [-0.15, -0.1) is 0 Å². The molecule has 0 bridgehead atoms. The van der Waals surface area contributed by atoms with Gasteiger partial charge in [0.2, 0.25) is 5.91 Å². The summed E-state index contributed by atoms with van der Waals surface area (Å²) in [6, 6.07) is -1.33. The molecule has 0 aliphatic carbocycles. The van der Waals surface area contributed by atoms with Gasteiger partial charge in [-0.2, -0.15) is 8.78 Å². The summed E-state index contributed by atoms with van der Waals surface area (Å²) >= 11 is 0. The Morgan fingerprint density at radius 1 is 1.06 bits per heavy atom. The number of unbranched alkanes of at least 4 members (excludes halogenated alkanes) is 6. The molecule has 0 aromatic rings. The Hall–Kier alpha value is -0.600. The van der Waals surface area contributed by atoms with Crippen molar-refractivity contribution in [1.29, 1.82) is 0 Å². The number of carbonyl (C=O) groups is 1. The fourth-order valence-electron chi connectivity index (χ4n) is 3.17. The number of nitrogens with zero attached hydrogens (tertiary/aromatic N) is 1. The molecule has 0 aromatic carbocycles. The second-order valence-electron chi connectivity index (χ2n) is 9.64. The van der Waals surface area contributed by atoms with Gasteiger partial charge in [0.05, 0.1) is 33.3 Å². The highest BCUT2D eigenvalue weighted by Gasteiger charge is 2.53. The molecule has 0 rings (SSSR count). The maximum atomic E-state index is 14.8. The van der Waals surface area contributed by atoms with Gasteiger partial charge in [-0.3, -0.25) is 13.9 Å². The third-order valence-corrected chi connectivity index (χ3v) is 6.87. The molecule has 3 atom stereocenters. The van der Waals surface area contributed by atoms with E-state index in [-0.39, 0.29) is 26.0 Å². The van der Waals surface area contributed by atoms with Crippen molar-refractivity contribution in [2.45, 2.75) is 102 Å². The number of alkyl halides is 2. The SMILES string of the molecule is CCCCCCC[C@@H](O)[C@H](CC(F)(F)P(=O)(O)OCC[N+](C)(C)C)NC(=O)CCCCC. The van der Waals surface area contributed by atoms with E-state index in [0.717, 1.165) is 38.5 Å². The summed E-state index contributed by atoms with van der Waals surface area (Å²) in [6.07, 6.45) is 4.96. The molecule has 0 fully saturated rings. The van der Waals surface area contributed by atoms with Crippen LogP contribution in [0.25, 0.3) is 0 Å². The van der Waals surface area contributed by atoms with Gasteiger partial charge in [-0.1, -0.05) is 58.8 Å². The van der Waals surface area contributed by atoms with Gasteiger partial charge < -0.3 is 19.8 Å². The van der Waals surface area contributed by atoms with Crippen LogP contribution in [0.4, 0.5) is 8.78 Å². The van der Waals surface area contributed by atoms with Crippen molar-refractivity contribution in [3.63, 3.8) is 0 Å². The number of quaternary nitrogens is 1. The van der Waals surface area contributed by atoms with E-state index in [4.69, 9.17) is 4.52 Å². The van der Waals surface area contributed by atoms with Gasteiger partial charge in [0.25, 0.3) is 0 Å². The molecule has 0 heterocycles. The van der Waals surface area contributed by atoms with Gasteiger partial charge in [0.1, 0.15) is 13.2 Å². The predicted molar refractivity (Wildman–Crippen MR) is 124 cm³/mol. The van der Waals surface area contributed by atoms with Crippen molar-refractivity contribution in [3.8, 4) is 0 Å². The van der Waals surface area contributed by atoms with Gasteiger partial charge in [-0.05, 0) is 12.8 Å². The molecule has 0 aliphatic rings. The van der Waals surface area contributed by atoms with E-state index in [0.29, 0.717) is 17.3 Å². The normalized spacial score (nSPS) is 16.4. The third kappa shape index (κ3) is 13.8. The van der Waals surface area contributed by atoms with Gasteiger partial charge >= 0.3 is 13.3 Å². The van der Waals surface area contributed by atoms with Crippen molar-refractivity contribution >= 4 is 13.5 Å². The molecule has 0 spiro atoms. The first-order chi connectivity index (χ1) is 14.8. The summed E-state index contributed by atoms with van der Waals surface area (Å²) in [4.78, 5) is 22.2. The lowest BCUT2D eigenvalue weighted by Gasteiger charge is -2.30. The molecule has 1 unspecified atom stereocenters. The Bertz CT molecular complexity index is 573. The van der Waals surface area contributed by atoms with Gasteiger partial charge in [0.15, 0.2) is 0 Å². The monoisotopic (exact) mass is 487 g/mol. The van der Waals surface area contributed by atoms with Crippen LogP contribution in [0.1, 0.15) is 84.5 Å². The molecule has 7 nitrogen and oxygen atoms in total. The Morgan fingerprint density at radius 2 is 1.62 bits per heavy atom. The smallest absolute Gasteiger partial charge is 0.391 e. The van der Waals surface area contributed by atoms with Crippen molar-refractivity contribution in [2.24, 2.45) is 0 Å². The molecular weight excluding hydrogens is 441 g/mol. The summed E-state index contributed by atoms with van der Waals surface area (Å²) in [5.41, 5.74) is -4.09. The van der Waals surface area contributed by atoms with Crippen LogP contribution in [-0.4, -0.2) is 72.5 Å². The second kappa shape index (κ2) is 15.3. The van der Waals surface area contributed by atoms with E-state index in [1.54, 1.807) is 0 Å². The molecule has 10 heteroatoms. The minimum Gasteiger partial charge on any atom is -0.391 e. The number of hydrogen-bond acceptors (Lipinski definition) is 4. The fourth-order valence-corrected chi connectivity index (χ4v) is 4.11. The summed E-state index contributed by atoms with van der Waals surface area (Å²) < 4.78 is 46.9. The molecule has 1 amide bonds. The topological polar surface area (TPSA) is 95.9 Å². The third-order valence-electron chi connectivity index (χ3n) is 5.33. The van der Waals surface area contributed by atoms with E-state index >= 15 is 0 Å². The van der Waals surface area contributed by atoms with E-state index in [1.807, 2.05) is 28.1 Å².